The van der Waals surface area contributed by atoms with Crippen LogP contribution in [0.3, 0.4) is 0 Å². The van der Waals surface area contributed by atoms with E-state index in [1.54, 1.807) is 0 Å². The third-order valence-electron chi connectivity index (χ3n) is 3.82. The summed E-state index contributed by atoms with van der Waals surface area (Å²) in [5.41, 5.74) is 1.24. The van der Waals surface area contributed by atoms with Crippen LogP contribution in [0.25, 0.3) is 0 Å². The molecule has 1 aliphatic heterocycles. The lowest BCUT2D eigenvalue weighted by Gasteiger charge is -2.22. The molecule has 4 heteroatoms. The van der Waals surface area contributed by atoms with E-state index in [1.165, 1.54) is 0 Å². The van der Waals surface area contributed by atoms with Crippen molar-refractivity contribution in [1.29, 1.82) is 5.26 Å². The van der Waals surface area contributed by atoms with Crippen molar-refractivity contribution in [2.75, 3.05) is 18.4 Å². The Bertz CT molecular complexity index is 508. The zero-order chi connectivity index (χ0) is 14.6. The second-order valence-corrected chi connectivity index (χ2v) is 5.85. The molecule has 1 saturated heterocycles. The smallest absolute Gasteiger partial charge is 0.228 e. The van der Waals surface area contributed by atoms with Crippen LogP contribution in [-0.4, -0.2) is 19.0 Å². The Morgan fingerprint density at radius 1 is 1.40 bits per heavy atom. The number of benzene rings is 1. The van der Waals surface area contributed by atoms with Crippen LogP contribution in [0.2, 0.25) is 0 Å². The number of nitriles is 1. The third kappa shape index (κ3) is 3.37. The molecule has 1 unspecified atom stereocenters. The number of carbonyl (C=O) groups excluding carboxylic acids is 1. The van der Waals surface area contributed by atoms with E-state index < -0.39 is 5.41 Å². The minimum atomic E-state index is -0.504. The largest absolute Gasteiger partial charge is 0.326 e. The Morgan fingerprint density at radius 3 is 2.65 bits per heavy atom. The summed E-state index contributed by atoms with van der Waals surface area (Å²) >= 11 is 0. The highest BCUT2D eigenvalue weighted by molar-refractivity contribution is 5.92. The monoisotopic (exact) mass is 271 g/mol. The molecule has 106 valence electrons. The molecule has 0 spiro atoms. The second-order valence-electron chi connectivity index (χ2n) is 5.85. The number of carbonyl (C=O) groups is 1. The fraction of sp³-hybridized carbons (Fsp3) is 0.500. The summed E-state index contributed by atoms with van der Waals surface area (Å²) in [4.78, 5) is 12.1. The van der Waals surface area contributed by atoms with E-state index >= 15 is 0 Å². The van der Waals surface area contributed by atoms with Gasteiger partial charge in [-0.3, -0.25) is 4.79 Å². The van der Waals surface area contributed by atoms with Crippen LogP contribution in [0, 0.1) is 17.2 Å². The number of anilines is 1. The lowest BCUT2D eigenvalue weighted by atomic mass is 9.86. The number of amides is 1. The van der Waals surface area contributed by atoms with E-state index in [4.69, 9.17) is 5.26 Å². The second kappa shape index (κ2) is 6.06. The number of hydrogen-bond acceptors (Lipinski definition) is 3. The van der Waals surface area contributed by atoms with Crippen LogP contribution in [0.15, 0.2) is 24.3 Å². The average molecular weight is 271 g/mol. The van der Waals surface area contributed by atoms with Gasteiger partial charge in [-0.15, -0.1) is 0 Å². The summed E-state index contributed by atoms with van der Waals surface area (Å²) in [6.07, 6.45) is 1.99. The Balaban J connectivity index is 2.00. The van der Waals surface area contributed by atoms with Gasteiger partial charge < -0.3 is 10.6 Å². The molecule has 1 amide bonds. The molecule has 0 radical (unpaired) electrons. The van der Waals surface area contributed by atoms with Crippen molar-refractivity contribution in [2.24, 2.45) is 5.92 Å². The van der Waals surface area contributed by atoms with Gasteiger partial charge in [-0.2, -0.15) is 5.26 Å². The maximum absolute atomic E-state index is 12.1. The van der Waals surface area contributed by atoms with Gasteiger partial charge in [0.05, 0.1) is 17.4 Å². The summed E-state index contributed by atoms with van der Waals surface area (Å²) in [6, 6.07) is 9.80. The molecule has 1 fully saturated rings. The van der Waals surface area contributed by atoms with Crippen LogP contribution >= 0.6 is 0 Å². The zero-order valence-electron chi connectivity index (χ0n) is 12.1. The number of hydrogen-bond donors (Lipinski definition) is 2. The van der Waals surface area contributed by atoms with Crippen LogP contribution < -0.4 is 10.6 Å². The summed E-state index contributed by atoms with van der Waals surface area (Å²) in [7, 11) is 0. The molecule has 1 aliphatic rings. The van der Waals surface area contributed by atoms with Crippen molar-refractivity contribution in [3.8, 4) is 6.07 Å². The van der Waals surface area contributed by atoms with Gasteiger partial charge in [0, 0.05) is 12.2 Å². The van der Waals surface area contributed by atoms with Gasteiger partial charge in [0.15, 0.2) is 0 Å². The molecule has 2 rings (SSSR count). The Hall–Kier alpha value is -1.86. The van der Waals surface area contributed by atoms with E-state index in [1.807, 2.05) is 38.1 Å². The highest BCUT2D eigenvalue weighted by Gasteiger charge is 2.22. The van der Waals surface area contributed by atoms with Crippen molar-refractivity contribution in [3.63, 3.8) is 0 Å². The van der Waals surface area contributed by atoms with Gasteiger partial charge in [0.1, 0.15) is 0 Å². The van der Waals surface area contributed by atoms with Gasteiger partial charge in [-0.05, 0) is 50.9 Å². The first-order chi connectivity index (χ1) is 9.53. The molecule has 0 bridgehead atoms. The van der Waals surface area contributed by atoms with Crippen LogP contribution in [0.5, 0.6) is 0 Å². The molecule has 20 heavy (non-hydrogen) atoms. The minimum absolute atomic E-state index is 0.0546. The maximum atomic E-state index is 12.1. The van der Waals surface area contributed by atoms with Crippen LogP contribution in [-0.2, 0) is 10.2 Å². The van der Waals surface area contributed by atoms with Crippen molar-refractivity contribution in [1.82, 2.24) is 5.32 Å². The molecule has 4 nitrogen and oxygen atoms in total. The van der Waals surface area contributed by atoms with Gasteiger partial charge in [-0.25, -0.2) is 0 Å². The van der Waals surface area contributed by atoms with Crippen molar-refractivity contribution in [2.45, 2.75) is 32.1 Å². The summed E-state index contributed by atoms with van der Waals surface area (Å²) in [5.74, 6) is 0.128. The standard InChI is InChI=1S/C16H21N3O/c1-16(2,11-17)13-5-7-14(8-6-13)19-15(20)12-4-3-9-18-10-12/h5-8,12,18H,3-4,9-10H2,1-2H3,(H,19,20). The average Bonchev–Trinajstić information content (AvgIpc) is 2.48. The Kier molecular flexibility index (Phi) is 4.41. The van der Waals surface area contributed by atoms with Gasteiger partial charge in [0.25, 0.3) is 0 Å². The number of nitrogens with zero attached hydrogens (tertiary/aromatic N) is 1. The quantitative estimate of drug-likeness (QED) is 0.887. The topological polar surface area (TPSA) is 64.9 Å². The fourth-order valence-corrected chi connectivity index (χ4v) is 2.35. The lowest BCUT2D eigenvalue weighted by Crippen LogP contribution is -2.37. The van der Waals surface area contributed by atoms with Crippen LogP contribution in [0.4, 0.5) is 5.69 Å². The number of piperidine rings is 1. The Morgan fingerprint density at radius 2 is 2.10 bits per heavy atom. The predicted octanol–water partition coefficient (Wildman–Crippen LogP) is 2.43. The molecule has 0 saturated carbocycles. The first-order valence-corrected chi connectivity index (χ1v) is 7.06. The zero-order valence-corrected chi connectivity index (χ0v) is 12.1. The molecule has 1 heterocycles. The third-order valence-corrected chi connectivity index (χ3v) is 3.82. The fourth-order valence-electron chi connectivity index (χ4n) is 2.35. The lowest BCUT2D eigenvalue weighted by molar-refractivity contribution is -0.120. The van der Waals surface area contributed by atoms with Gasteiger partial charge in [0.2, 0.25) is 5.91 Å². The molecular formula is C16H21N3O. The van der Waals surface area contributed by atoms with Crippen LogP contribution in [0.1, 0.15) is 32.3 Å². The molecule has 0 aromatic heterocycles. The van der Waals surface area contributed by atoms with E-state index in [-0.39, 0.29) is 11.8 Å². The van der Waals surface area contributed by atoms with Crippen molar-refractivity contribution < 1.29 is 4.79 Å². The summed E-state index contributed by atoms with van der Waals surface area (Å²) in [5, 5.41) is 15.3. The molecule has 1 aromatic carbocycles. The van der Waals surface area contributed by atoms with E-state index in [2.05, 4.69) is 16.7 Å². The molecule has 2 N–H and O–H groups in total. The first kappa shape index (κ1) is 14.5. The van der Waals surface area contributed by atoms with Gasteiger partial charge >= 0.3 is 0 Å². The Labute approximate surface area is 120 Å². The van der Waals surface area contributed by atoms with E-state index in [0.717, 1.165) is 37.2 Å². The predicted molar refractivity (Wildman–Crippen MR) is 79.3 cm³/mol. The molecular weight excluding hydrogens is 250 g/mol. The minimum Gasteiger partial charge on any atom is -0.326 e. The molecule has 1 atom stereocenters. The number of nitrogens with one attached hydrogen (secondary N) is 2. The highest BCUT2D eigenvalue weighted by Crippen LogP contribution is 2.24. The summed E-state index contributed by atoms with van der Waals surface area (Å²) in [6.45, 7) is 5.52. The van der Waals surface area contributed by atoms with E-state index in [0.29, 0.717) is 0 Å². The van der Waals surface area contributed by atoms with Crippen molar-refractivity contribution in [3.05, 3.63) is 29.8 Å². The number of rotatable bonds is 3. The highest BCUT2D eigenvalue weighted by atomic mass is 16.1. The summed E-state index contributed by atoms with van der Waals surface area (Å²) < 4.78 is 0. The maximum Gasteiger partial charge on any atom is 0.228 e. The molecule has 1 aromatic rings. The first-order valence-electron chi connectivity index (χ1n) is 7.06. The SMILES string of the molecule is CC(C)(C#N)c1ccc(NC(=O)C2CCCNC2)cc1. The van der Waals surface area contributed by atoms with E-state index in [9.17, 15) is 4.79 Å². The normalized spacial score (nSPS) is 19.1. The van der Waals surface area contributed by atoms with Crippen molar-refractivity contribution >= 4 is 11.6 Å². The molecule has 0 aliphatic carbocycles. The van der Waals surface area contributed by atoms with Gasteiger partial charge in [-0.1, -0.05) is 12.1 Å².